The summed E-state index contributed by atoms with van der Waals surface area (Å²) >= 11 is 12.6. The van der Waals surface area contributed by atoms with Crippen molar-refractivity contribution in [3.05, 3.63) is 118 Å². The van der Waals surface area contributed by atoms with Crippen molar-refractivity contribution in [2.24, 2.45) is 0 Å². The van der Waals surface area contributed by atoms with Crippen LogP contribution in [0, 0.1) is 6.92 Å². The summed E-state index contributed by atoms with van der Waals surface area (Å²) in [5.41, 5.74) is 2.68. The Morgan fingerprint density at radius 3 is 2.16 bits per heavy atom. The van der Waals surface area contributed by atoms with Gasteiger partial charge in [-0.1, -0.05) is 96.6 Å². The number of carbonyl (C=O) groups excluding carboxylic acids is 2. The average Bonchev–Trinajstić information content (AvgIpc) is 3.14. The molecule has 1 aliphatic rings. The quantitative estimate of drug-likeness (QED) is 0.142. The number of aryl methyl sites for hydroxylation is 1. The summed E-state index contributed by atoms with van der Waals surface area (Å²) < 4.78 is 40.8. The highest BCUT2D eigenvalue weighted by molar-refractivity contribution is 7.92. The Morgan fingerprint density at radius 1 is 0.824 bits per heavy atom. The number of anilines is 1. The number of hydrogen-bond donors (Lipinski definition) is 1. The molecule has 0 bridgehead atoms. The van der Waals surface area contributed by atoms with E-state index in [4.69, 9.17) is 32.7 Å². The fourth-order valence-corrected chi connectivity index (χ4v) is 8.03. The van der Waals surface area contributed by atoms with Crippen molar-refractivity contribution in [1.82, 2.24) is 10.2 Å². The maximum absolute atomic E-state index is 14.8. The van der Waals surface area contributed by atoms with Gasteiger partial charge in [0.15, 0.2) is 11.5 Å². The standard InChI is InChI=1S/C39H43Cl2N3O6S/c1-27-14-17-31(18-15-27)44(51(47,48)32-19-21-36(49-2)37(24-32)50-3)26-38(45)43(25-29-16-20-33(40)34(41)22-29)35(23-28-10-6-4-7-11-28)39(46)42-30-12-8-5-9-13-30/h4,6-7,10-11,14-22,24,30,35H,5,8-9,12-13,23,25-26H2,1-3H3,(H,42,46)/t35-/m1/s1. The van der Waals surface area contributed by atoms with Crippen LogP contribution in [0.15, 0.2) is 95.9 Å². The van der Waals surface area contributed by atoms with E-state index in [-0.39, 0.29) is 41.2 Å². The van der Waals surface area contributed by atoms with Crippen LogP contribution >= 0.6 is 23.2 Å². The minimum absolute atomic E-state index is 0.0130. The zero-order valence-corrected chi connectivity index (χ0v) is 31.3. The lowest BCUT2D eigenvalue weighted by atomic mass is 9.94. The summed E-state index contributed by atoms with van der Waals surface area (Å²) in [6.07, 6.45) is 5.06. The molecule has 0 heterocycles. The lowest BCUT2D eigenvalue weighted by Gasteiger charge is -2.35. The SMILES string of the molecule is COc1ccc(S(=O)(=O)N(CC(=O)N(Cc2ccc(Cl)c(Cl)c2)[C@H](Cc2ccccc2)C(=O)NC2CCCCC2)c2ccc(C)cc2)cc1OC. The summed E-state index contributed by atoms with van der Waals surface area (Å²) in [5, 5.41) is 3.86. The molecule has 5 rings (SSSR count). The molecule has 4 aromatic rings. The number of ether oxygens (including phenoxy) is 2. The highest BCUT2D eigenvalue weighted by atomic mass is 35.5. The molecule has 0 aliphatic heterocycles. The molecular weight excluding hydrogens is 709 g/mol. The van der Waals surface area contributed by atoms with Gasteiger partial charge in [0, 0.05) is 25.1 Å². The van der Waals surface area contributed by atoms with Crippen LogP contribution in [0.4, 0.5) is 5.69 Å². The number of benzene rings is 4. The summed E-state index contributed by atoms with van der Waals surface area (Å²) in [6, 6.07) is 24.6. The second-order valence-corrected chi connectivity index (χ2v) is 15.4. The van der Waals surface area contributed by atoms with Crippen LogP contribution in [0.2, 0.25) is 10.0 Å². The van der Waals surface area contributed by atoms with E-state index < -0.39 is 28.5 Å². The van der Waals surface area contributed by atoms with Crippen molar-refractivity contribution in [2.75, 3.05) is 25.1 Å². The van der Waals surface area contributed by atoms with E-state index in [2.05, 4.69) is 5.32 Å². The van der Waals surface area contributed by atoms with E-state index in [9.17, 15) is 18.0 Å². The van der Waals surface area contributed by atoms with Gasteiger partial charge in [-0.3, -0.25) is 13.9 Å². The molecule has 270 valence electrons. The number of methoxy groups -OCH3 is 2. The van der Waals surface area contributed by atoms with Crippen molar-refractivity contribution in [1.29, 1.82) is 0 Å². The monoisotopic (exact) mass is 751 g/mol. The molecule has 4 aromatic carbocycles. The lowest BCUT2D eigenvalue weighted by Crippen LogP contribution is -2.55. The molecule has 0 unspecified atom stereocenters. The predicted molar refractivity (Wildman–Crippen MR) is 201 cm³/mol. The Labute approximate surface area is 310 Å². The van der Waals surface area contributed by atoms with Gasteiger partial charge in [-0.05, 0) is 67.3 Å². The van der Waals surface area contributed by atoms with Gasteiger partial charge in [0.2, 0.25) is 11.8 Å². The van der Waals surface area contributed by atoms with Crippen LogP contribution in [0.5, 0.6) is 11.5 Å². The number of hydrogen-bond acceptors (Lipinski definition) is 6. The summed E-state index contributed by atoms with van der Waals surface area (Å²) in [4.78, 5) is 30.5. The first kappa shape index (κ1) is 38.0. The molecule has 1 saturated carbocycles. The van der Waals surface area contributed by atoms with E-state index >= 15 is 0 Å². The van der Waals surface area contributed by atoms with Gasteiger partial charge in [0.25, 0.3) is 10.0 Å². The summed E-state index contributed by atoms with van der Waals surface area (Å²) in [6.45, 7) is 1.27. The van der Waals surface area contributed by atoms with Gasteiger partial charge in [-0.15, -0.1) is 0 Å². The Bertz CT molecular complexity index is 1920. The van der Waals surface area contributed by atoms with E-state index in [0.717, 1.165) is 47.5 Å². The second-order valence-electron chi connectivity index (χ2n) is 12.7. The van der Waals surface area contributed by atoms with Crippen LogP contribution < -0.4 is 19.1 Å². The maximum Gasteiger partial charge on any atom is 0.264 e. The average molecular weight is 753 g/mol. The van der Waals surface area contributed by atoms with Crippen LogP contribution in [0.1, 0.15) is 48.8 Å². The third-order valence-electron chi connectivity index (χ3n) is 9.10. The number of rotatable bonds is 14. The van der Waals surface area contributed by atoms with Crippen molar-refractivity contribution in [2.45, 2.75) is 69.0 Å². The molecule has 1 N–H and O–H groups in total. The summed E-state index contributed by atoms with van der Waals surface area (Å²) in [7, 11) is -1.48. The molecule has 2 amide bonds. The molecule has 0 spiro atoms. The first-order chi connectivity index (χ1) is 24.5. The van der Waals surface area contributed by atoms with Crippen molar-refractivity contribution < 1.29 is 27.5 Å². The van der Waals surface area contributed by atoms with Gasteiger partial charge in [0.1, 0.15) is 12.6 Å². The summed E-state index contributed by atoms with van der Waals surface area (Å²) in [5.74, 6) is -0.304. The highest BCUT2D eigenvalue weighted by Crippen LogP contribution is 2.33. The van der Waals surface area contributed by atoms with Gasteiger partial charge in [0.05, 0.1) is 34.8 Å². The third-order valence-corrected chi connectivity index (χ3v) is 11.6. The smallest absolute Gasteiger partial charge is 0.264 e. The number of nitrogens with one attached hydrogen (secondary N) is 1. The molecule has 51 heavy (non-hydrogen) atoms. The minimum Gasteiger partial charge on any atom is -0.493 e. The number of amides is 2. The number of sulfonamides is 1. The van der Waals surface area contributed by atoms with Gasteiger partial charge < -0.3 is 19.7 Å². The molecular formula is C39H43Cl2N3O6S. The third kappa shape index (κ3) is 9.55. The molecule has 9 nitrogen and oxygen atoms in total. The lowest BCUT2D eigenvalue weighted by molar-refractivity contribution is -0.140. The van der Waals surface area contributed by atoms with Crippen molar-refractivity contribution >= 4 is 50.7 Å². The van der Waals surface area contributed by atoms with Crippen LogP contribution in [0.3, 0.4) is 0 Å². The highest BCUT2D eigenvalue weighted by Gasteiger charge is 2.36. The van der Waals surface area contributed by atoms with Crippen LogP contribution in [0.25, 0.3) is 0 Å². The fourth-order valence-electron chi connectivity index (χ4n) is 6.28. The first-order valence-corrected chi connectivity index (χ1v) is 19.1. The van der Waals surface area contributed by atoms with Gasteiger partial charge >= 0.3 is 0 Å². The zero-order valence-electron chi connectivity index (χ0n) is 29.0. The molecule has 12 heteroatoms. The van der Waals surface area contributed by atoms with E-state index in [1.807, 2.05) is 37.3 Å². The van der Waals surface area contributed by atoms with Crippen LogP contribution in [-0.4, -0.2) is 58.0 Å². The minimum atomic E-state index is -4.35. The van der Waals surface area contributed by atoms with Crippen molar-refractivity contribution in [3.8, 4) is 11.5 Å². The van der Waals surface area contributed by atoms with Crippen molar-refractivity contribution in [3.63, 3.8) is 0 Å². The Kier molecular flexibility index (Phi) is 12.9. The normalized spacial score (nSPS) is 14.0. The largest absolute Gasteiger partial charge is 0.493 e. The number of carbonyl (C=O) groups is 2. The van der Waals surface area contributed by atoms with Gasteiger partial charge in [-0.2, -0.15) is 0 Å². The van der Waals surface area contributed by atoms with E-state index in [1.165, 1.54) is 37.3 Å². The van der Waals surface area contributed by atoms with Gasteiger partial charge in [-0.25, -0.2) is 8.42 Å². The Balaban J connectivity index is 1.59. The Morgan fingerprint density at radius 2 is 1.51 bits per heavy atom. The molecule has 0 radical (unpaired) electrons. The first-order valence-electron chi connectivity index (χ1n) is 16.9. The predicted octanol–water partition coefficient (Wildman–Crippen LogP) is 7.60. The van der Waals surface area contributed by atoms with Crippen LogP contribution in [-0.2, 0) is 32.6 Å². The fraction of sp³-hybridized carbons (Fsp3) is 0.333. The Hall–Kier alpha value is -4.25. The number of halogens is 2. The zero-order chi connectivity index (χ0) is 36.5. The maximum atomic E-state index is 14.8. The molecule has 1 atom stereocenters. The number of nitrogens with zero attached hydrogens (tertiary/aromatic N) is 2. The molecule has 0 aromatic heterocycles. The molecule has 1 fully saturated rings. The van der Waals surface area contributed by atoms with E-state index in [1.54, 1.807) is 42.5 Å². The molecule has 1 aliphatic carbocycles. The van der Waals surface area contributed by atoms with E-state index in [0.29, 0.717) is 21.4 Å². The second kappa shape index (κ2) is 17.3. The topological polar surface area (TPSA) is 105 Å². The molecule has 0 saturated heterocycles.